The van der Waals surface area contributed by atoms with Gasteiger partial charge in [-0.05, 0) is 43.5 Å². The first-order valence-electron chi connectivity index (χ1n) is 7.43. The highest BCUT2D eigenvalue weighted by Crippen LogP contribution is 2.28. The zero-order chi connectivity index (χ0) is 15.5. The first kappa shape index (κ1) is 14.9. The molecular weight excluding hydrogens is 287 g/mol. The van der Waals surface area contributed by atoms with E-state index in [0.29, 0.717) is 18.8 Å². The number of aliphatic hydroxyl groups excluding tert-OH is 1. The van der Waals surface area contributed by atoms with E-state index in [0.717, 1.165) is 24.9 Å². The van der Waals surface area contributed by atoms with Crippen molar-refractivity contribution in [1.29, 1.82) is 0 Å². The predicted molar refractivity (Wildman–Crippen MR) is 78.6 cm³/mol. The van der Waals surface area contributed by atoms with Crippen molar-refractivity contribution in [2.24, 2.45) is 0 Å². The molecule has 1 aliphatic rings. The molecular formula is C15H19FN4O2. The van der Waals surface area contributed by atoms with E-state index in [2.05, 4.69) is 20.1 Å². The van der Waals surface area contributed by atoms with Gasteiger partial charge in [0.15, 0.2) is 0 Å². The largest absolute Gasteiger partial charge is 0.388 e. The molecule has 2 unspecified atom stereocenters. The van der Waals surface area contributed by atoms with Gasteiger partial charge in [0.25, 0.3) is 0 Å². The average Bonchev–Trinajstić information content (AvgIpc) is 3.10. The van der Waals surface area contributed by atoms with E-state index in [1.807, 2.05) is 0 Å². The lowest BCUT2D eigenvalue weighted by molar-refractivity contribution is 0.117. The molecule has 0 spiro atoms. The van der Waals surface area contributed by atoms with E-state index in [-0.39, 0.29) is 17.5 Å². The fourth-order valence-corrected chi connectivity index (χ4v) is 3.02. The Morgan fingerprint density at radius 1 is 1.41 bits per heavy atom. The number of hydrogen-bond acceptors (Lipinski definition) is 4. The van der Waals surface area contributed by atoms with Gasteiger partial charge in [0.05, 0.1) is 12.6 Å². The van der Waals surface area contributed by atoms with Crippen LogP contribution in [0.1, 0.15) is 36.8 Å². The van der Waals surface area contributed by atoms with E-state index in [9.17, 15) is 14.3 Å². The van der Waals surface area contributed by atoms with Crippen LogP contribution >= 0.6 is 0 Å². The summed E-state index contributed by atoms with van der Waals surface area (Å²) in [5, 5.41) is 16.6. The van der Waals surface area contributed by atoms with Crippen molar-refractivity contribution in [3.63, 3.8) is 0 Å². The number of nitrogens with zero attached hydrogens (tertiary/aromatic N) is 2. The maximum Gasteiger partial charge on any atom is 0.340 e. The lowest BCUT2D eigenvalue weighted by Crippen LogP contribution is -2.31. The number of aromatic nitrogens is 3. The van der Waals surface area contributed by atoms with Crippen LogP contribution in [-0.4, -0.2) is 37.8 Å². The monoisotopic (exact) mass is 306 g/mol. The molecule has 3 rings (SSSR count). The third kappa shape index (κ3) is 3.42. The van der Waals surface area contributed by atoms with Gasteiger partial charge < -0.3 is 5.11 Å². The zero-order valence-corrected chi connectivity index (χ0v) is 12.1. The molecule has 7 heteroatoms. The quantitative estimate of drug-likeness (QED) is 0.778. The second kappa shape index (κ2) is 6.41. The van der Waals surface area contributed by atoms with Gasteiger partial charge in [0.2, 0.25) is 0 Å². The Kier molecular flexibility index (Phi) is 4.35. The van der Waals surface area contributed by atoms with Crippen molar-refractivity contribution < 1.29 is 9.50 Å². The third-order valence-electron chi connectivity index (χ3n) is 4.15. The van der Waals surface area contributed by atoms with Gasteiger partial charge >= 0.3 is 5.69 Å². The number of rotatable bonds is 5. The lowest BCUT2D eigenvalue weighted by Gasteiger charge is -2.25. The second-order valence-electron chi connectivity index (χ2n) is 5.69. The van der Waals surface area contributed by atoms with Gasteiger partial charge in [0, 0.05) is 6.04 Å². The minimum atomic E-state index is -0.621. The molecule has 3 N–H and O–H groups in total. The lowest BCUT2D eigenvalue weighted by atomic mass is 10.0. The minimum absolute atomic E-state index is 0.222. The highest BCUT2D eigenvalue weighted by atomic mass is 19.1. The van der Waals surface area contributed by atoms with Crippen LogP contribution in [0.5, 0.6) is 0 Å². The molecule has 0 amide bonds. The van der Waals surface area contributed by atoms with Gasteiger partial charge in [-0.15, -0.1) is 0 Å². The molecule has 118 valence electrons. The highest BCUT2D eigenvalue weighted by Gasteiger charge is 2.27. The smallest absolute Gasteiger partial charge is 0.340 e. The van der Waals surface area contributed by atoms with E-state index in [1.165, 1.54) is 12.1 Å². The van der Waals surface area contributed by atoms with Gasteiger partial charge in [-0.25, -0.2) is 14.3 Å². The number of likely N-dealkylation sites (tertiary alicyclic amines) is 1. The molecule has 6 nitrogen and oxygen atoms in total. The van der Waals surface area contributed by atoms with Crippen LogP contribution in [0.25, 0.3) is 0 Å². The van der Waals surface area contributed by atoms with E-state index < -0.39 is 6.10 Å². The normalized spacial score (nSPS) is 20.4. The number of aromatic amines is 2. The zero-order valence-electron chi connectivity index (χ0n) is 12.1. The summed E-state index contributed by atoms with van der Waals surface area (Å²) in [6, 6.07) is 6.17. The van der Waals surface area contributed by atoms with E-state index >= 15 is 0 Å². The van der Waals surface area contributed by atoms with Crippen LogP contribution < -0.4 is 5.69 Å². The van der Waals surface area contributed by atoms with E-state index in [4.69, 9.17) is 0 Å². The molecule has 0 radical (unpaired) electrons. The molecule has 0 bridgehead atoms. The summed E-state index contributed by atoms with van der Waals surface area (Å²) in [6.45, 7) is 1.47. The molecule has 0 saturated carbocycles. The Morgan fingerprint density at radius 2 is 2.18 bits per heavy atom. The Labute approximate surface area is 127 Å². The molecule has 1 fully saturated rings. The number of nitrogens with one attached hydrogen (secondary N) is 2. The predicted octanol–water partition coefficient (Wildman–Crippen LogP) is 1.33. The number of H-pyrrole nitrogens is 2. The number of aliphatic hydroxyl groups is 1. The fourth-order valence-electron chi connectivity index (χ4n) is 3.02. The Bertz CT molecular complexity index is 667. The first-order valence-corrected chi connectivity index (χ1v) is 7.43. The summed E-state index contributed by atoms with van der Waals surface area (Å²) in [7, 11) is 0. The molecule has 0 aliphatic carbocycles. The van der Waals surface area contributed by atoms with Crippen LogP contribution in [0, 0.1) is 5.82 Å². The van der Waals surface area contributed by atoms with Crippen LogP contribution in [-0.2, 0) is 6.54 Å². The molecule has 1 aliphatic heterocycles. The minimum Gasteiger partial charge on any atom is -0.388 e. The van der Waals surface area contributed by atoms with Crippen LogP contribution in [0.4, 0.5) is 4.39 Å². The SMILES string of the molecule is O=c1[nH]nc(CN2CCCC2CC(O)c2ccc(F)cc2)[nH]1. The summed E-state index contributed by atoms with van der Waals surface area (Å²) in [4.78, 5) is 15.9. The molecule has 2 heterocycles. The molecule has 22 heavy (non-hydrogen) atoms. The number of benzene rings is 1. The first-order chi connectivity index (χ1) is 10.6. The Hall–Kier alpha value is -1.99. The summed E-state index contributed by atoms with van der Waals surface area (Å²) >= 11 is 0. The maximum absolute atomic E-state index is 12.9. The van der Waals surface area contributed by atoms with Crippen molar-refractivity contribution in [2.45, 2.75) is 38.0 Å². The van der Waals surface area contributed by atoms with Crippen molar-refractivity contribution >= 4 is 0 Å². The highest BCUT2D eigenvalue weighted by molar-refractivity contribution is 5.18. The van der Waals surface area contributed by atoms with Crippen LogP contribution in [0.2, 0.25) is 0 Å². The van der Waals surface area contributed by atoms with Crippen molar-refractivity contribution in [1.82, 2.24) is 20.1 Å². The molecule has 2 atom stereocenters. The summed E-state index contributed by atoms with van der Waals surface area (Å²) in [5.41, 5.74) is 0.415. The standard InChI is InChI=1S/C15H19FN4O2/c16-11-5-3-10(4-6-11)13(21)8-12-2-1-7-20(12)9-14-17-15(22)19-18-14/h3-6,12-13,21H,1-2,7-9H2,(H2,17,18,19,22). The second-order valence-corrected chi connectivity index (χ2v) is 5.69. The molecule has 1 aromatic carbocycles. The summed E-state index contributed by atoms with van der Waals surface area (Å²) in [6.07, 6.45) is 2.01. The topological polar surface area (TPSA) is 85.0 Å². The van der Waals surface area contributed by atoms with E-state index in [1.54, 1.807) is 12.1 Å². The fraction of sp³-hybridized carbons (Fsp3) is 0.467. The van der Waals surface area contributed by atoms with Gasteiger partial charge in [-0.2, -0.15) is 5.10 Å². The average molecular weight is 306 g/mol. The molecule has 2 aromatic rings. The summed E-state index contributed by atoms with van der Waals surface area (Å²) in [5.74, 6) is 0.300. The van der Waals surface area contributed by atoms with Gasteiger partial charge in [-0.1, -0.05) is 12.1 Å². The Morgan fingerprint density at radius 3 is 2.86 bits per heavy atom. The van der Waals surface area contributed by atoms with Gasteiger partial charge in [-0.3, -0.25) is 9.88 Å². The molecule has 1 saturated heterocycles. The maximum atomic E-state index is 12.9. The molecule has 1 aromatic heterocycles. The van der Waals surface area contributed by atoms with Crippen molar-refractivity contribution in [2.75, 3.05) is 6.54 Å². The number of hydrogen-bond donors (Lipinski definition) is 3. The summed E-state index contributed by atoms with van der Waals surface area (Å²) < 4.78 is 12.9. The number of halogens is 1. The third-order valence-corrected chi connectivity index (χ3v) is 4.15. The van der Waals surface area contributed by atoms with Crippen molar-refractivity contribution in [3.8, 4) is 0 Å². The Balaban J connectivity index is 1.63. The van der Waals surface area contributed by atoms with Crippen LogP contribution in [0.15, 0.2) is 29.1 Å². The van der Waals surface area contributed by atoms with Crippen molar-refractivity contribution in [3.05, 3.63) is 52.0 Å². The van der Waals surface area contributed by atoms with Crippen LogP contribution in [0.3, 0.4) is 0 Å². The van der Waals surface area contributed by atoms with Gasteiger partial charge in [0.1, 0.15) is 11.6 Å².